The minimum Gasteiger partial charge on any atom is -0.316 e. The van der Waals surface area contributed by atoms with Crippen molar-refractivity contribution in [3.8, 4) is 0 Å². The number of benzene rings is 1. The zero-order valence-corrected chi connectivity index (χ0v) is 11.0. The van der Waals surface area contributed by atoms with E-state index in [0.717, 1.165) is 5.92 Å². The van der Waals surface area contributed by atoms with Gasteiger partial charge >= 0.3 is 0 Å². The van der Waals surface area contributed by atoms with E-state index in [9.17, 15) is 0 Å². The summed E-state index contributed by atoms with van der Waals surface area (Å²) in [6, 6.07) is 11.4. The van der Waals surface area contributed by atoms with Crippen LogP contribution in [0.5, 0.6) is 0 Å². The van der Waals surface area contributed by atoms with Crippen molar-refractivity contribution in [2.24, 2.45) is 5.92 Å². The molecular weight excluding hydrogens is 194 g/mol. The Balaban J connectivity index is 2.73. The summed E-state index contributed by atoms with van der Waals surface area (Å²) in [4.78, 5) is 0. The molecule has 0 aliphatic carbocycles. The molecule has 0 aliphatic rings. The normalized spacial score (nSPS) is 16.8. The molecule has 0 aliphatic heterocycles. The van der Waals surface area contributed by atoms with Gasteiger partial charge in [0.2, 0.25) is 0 Å². The van der Waals surface area contributed by atoms with E-state index in [2.05, 4.69) is 63.5 Å². The Morgan fingerprint density at radius 3 is 2.25 bits per heavy atom. The van der Waals surface area contributed by atoms with Crippen LogP contribution in [0.1, 0.15) is 45.1 Å². The van der Waals surface area contributed by atoms with Gasteiger partial charge in [-0.15, -0.1) is 0 Å². The van der Waals surface area contributed by atoms with Gasteiger partial charge in [0, 0.05) is 6.04 Å². The van der Waals surface area contributed by atoms with E-state index in [4.69, 9.17) is 0 Å². The van der Waals surface area contributed by atoms with E-state index in [1.165, 1.54) is 18.4 Å². The van der Waals surface area contributed by atoms with Crippen LogP contribution in [0.4, 0.5) is 0 Å². The molecule has 1 N–H and O–H groups in total. The molecule has 0 heterocycles. The molecular formula is C15H25N. The Kier molecular flexibility index (Phi) is 5.54. The van der Waals surface area contributed by atoms with Crippen molar-refractivity contribution >= 4 is 0 Å². The molecule has 0 bridgehead atoms. The molecule has 3 unspecified atom stereocenters. The second-order valence-electron chi connectivity index (χ2n) is 4.78. The first kappa shape index (κ1) is 13.2. The van der Waals surface area contributed by atoms with Crippen molar-refractivity contribution in [1.82, 2.24) is 5.32 Å². The summed E-state index contributed by atoms with van der Waals surface area (Å²) in [7, 11) is 2.08. The maximum absolute atomic E-state index is 3.48. The van der Waals surface area contributed by atoms with Crippen LogP contribution in [-0.2, 0) is 0 Å². The highest BCUT2D eigenvalue weighted by atomic mass is 14.9. The van der Waals surface area contributed by atoms with E-state index < -0.39 is 0 Å². The molecule has 0 spiro atoms. The molecule has 1 aromatic rings. The van der Waals surface area contributed by atoms with Crippen LogP contribution in [0.15, 0.2) is 30.3 Å². The lowest BCUT2D eigenvalue weighted by molar-refractivity contribution is 0.334. The molecule has 0 saturated heterocycles. The minimum atomic E-state index is 0.572. The third-order valence-corrected chi connectivity index (χ3v) is 3.55. The van der Waals surface area contributed by atoms with E-state index in [1.54, 1.807) is 0 Å². The third kappa shape index (κ3) is 3.34. The number of hydrogen-bond acceptors (Lipinski definition) is 1. The summed E-state index contributed by atoms with van der Waals surface area (Å²) in [6.45, 7) is 6.93. The number of rotatable bonds is 6. The first-order valence-corrected chi connectivity index (χ1v) is 6.42. The summed E-state index contributed by atoms with van der Waals surface area (Å²) in [5.74, 6) is 1.30. The number of nitrogens with one attached hydrogen (secondary N) is 1. The lowest BCUT2D eigenvalue weighted by Crippen LogP contribution is -2.36. The molecule has 3 atom stereocenters. The highest BCUT2D eigenvalue weighted by Gasteiger charge is 2.22. The summed E-state index contributed by atoms with van der Waals surface area (Å²) in [6.07, 6.45) is 2.56. The Hall–Kier alpha value is -0.820. The third-order valence-electron chi connectivity index (χ3n) is 3.55. The lowest BCUT2D eigenvalue weighted by Gasteiger charge is -2.29. The summed E-state index contributed by atoms with van der Waals surface area (Å²) in [5.41, 5.74) is 1.44. The van der Waals surface area contributed by atoms with Gasteiger partial charge in [-0.25, -0.2) is 0 Å². The van der Waals surface area contributed by atoms with Crippen LogP contribution < -0.4 is 5.32 Å². The van der Waals surface area contributed by atoms with Crippen LogP contribution in [0, 0.1) is 5.92 Å². The van der Waals surface area contributed by atoms with Gasteiger partial charge < -0.3 is 5.32 Å². The molecule has 1 heteroatoms. The second-order valence-corrected chi connectivity index (χ2v) is 4.78. The molecule has 0 aromatic heterocycles. The largest absolute Gasteiger partial charge is 0.316 e. The molecule has 16 heavy (non-hydrogen) atoms. The minimum absolute atomic E-state index is 0.572. The SMILES string of the molecule is CCCC(C)C(NC)C(C)c1ccccc1. The fourth-order valence-electron chi connectivity index (χ4n) is 2.63. The molecule has 0 fully saturated rings. The zero-order valence-electron chi connectivity index (χ0n) is 11.0. The number of hydrogen-bond donors (Lipinski definition) is 1. The van der Waals surface area contributed by atoms with Crippen LogP contribution in [-0.4, -0.2) is 13.1 Å². The number of likely N-dealkylation sites (N-methyl/N-ethyl adjacent to an activating group) is 1. The second kappa shape index (κ2) is 6.70. The van der Waals surface area contributed by atoms with Crippen molar-refractivity contribution in [3.63, 3.8) is 0 Å². The monoisotopic (exact) mass is 219 g/mol. The fraction of sp³-hybridized carbons (Fsp3) is 0.600. The van der Waals surface area contributed by atoms with Gasteiger partial charge in [-0.3, -0.25) is 0 Å². The van der Waals surface area contributed by atoms with E-state index in [1.807, 2.05) is 0 Å². The van der Waals surface area contributed by atoms with Gasteiger partial charge in [0.05, 0.1) is 0 Å². The van der Waals surface area contributed by atoms with E-state index >= 15 is 0 Å². The Labute approximate surface area is 100 Å². The maximum Gasteiger partial charge on any atom is 0.0156 e. The van der Waals surface area contributed by atoms with Gasteiger partial charge in [0.1, 0.15) is 0 Å². The standard InChI is InChI=1S/C15H25N/c1-5-9-12(2)15(16-4)13(3)14-10-7-6-8-11-14/h6-8,10-13,15-16H,5,9H2,1-4H3. The smallest absolute Gasteiger partial charge is 0.0156 e. The first-order chi connectivity index (χ1) is 7.70. The zero-order chi connectivity index (χ0) is 12.0. The Morgan fingerprint density at radius 2 is 1.75 bits per heavy atom. The highest BCUT2D eigenvalue weighted by molar-refractivity contribution is 5.20. The Bertz CT molecular complexity index is 281. The molecule has 1 aromatic carbocycles. The van der Waals surface area contributed by atoms with Crippen LogP contribution in [0.3, 0.4) is 0 Å². The van der Waals surface area contributed by atoms with Crippen molar-refractivity contribution in [1.29, 1.82) is 0 Å². The average Bonchev–Trinajstić information content (AvgIpc) is 2.31. The molecule has 0 radical (unpaired) electrons. The lowest BCUT2D eigenvalue weighted by atomic mass is 9.84. The van der Waals surface area contributed by atoms with Gasteiger partial charge in [-0.05, 0) is 30.9 Å². The van der Waals surface area contributed by atoms with Gasteiger partial charge in [0.15, 0.2) is 0 Å². The molecule has 1 nitrogen and oxygen atoms in total. The summed E-state index contributed by atoms with van der Waals surface area (Å²) >= 11 is 0. The van der Waals surface area contributed by atoms with Crippen molar-refractivity contribution in [3.05, 3.63) is 35.9 Å². The maximum atomic E-state index is 3.48. The Morgan fingerprint density at radius 1 is 1.12 bits per heavy atom. The molecule has 90 valence electrons. The quantitative estimate of drug-likeness (QED) is 0.767. The van der Waals surface area contributed by atoms with E-state index in [-0.39, 0.29) is 0 Å². The van der Waals surface area contributed by atoms with Gasteiger partial charge in [-0.2, -0.15) is 0 Å². The summed E-state index contributed by atoms with van der Waals surface area (Å²) < 4.78 is 0. The molecule has 0 saturated carbocycles. The first-order valence-electron chi connectivity index (χ1n) is 6.42. The molecule has 1 rings (SSSR count). The van der Waals surface area contributed by atoms with Gasteiger partial charge in [0.25, 0.3) is 0 Å². The van der Waals surface area contributed by atoms with Crippen molar-refractivity contribution in [2.75, 3.05) is 7.05 Å². The predicted molar refractivity (Wildman–Crippen MR) is 71.8 cm³/mol. The van der Waals surface area contributed by atoms with Crippen LogP contribution in [0.25, 0.3) is 0 Å². The highest BCUT2D eigenvalue weighted by Crippen LogP contribution is 2.25. The fourth-order valence-corrected chi connectivity index (χ4v) is 2.63. The van der Waals surface area contributed by atoms with Crippen LogP contribution in [0.2, 0.25) is 0 Å². The van der Waals surface area contributed by atoms with Crippen LogP contribution >= 0.6 is 0 Å². The summed E-state index contributed by atoms with van der Waals surface area (Å²) in [5, 5.41) is 3.48. The topological polar surface area (TPSA) is 12.0 Å². The van der Waals surface area contributed by atoms with Gasteiger partial charge in [-0.1, -0.05) is 57.5 Å². The van der Waals surface area contributed by atoms with Crippen molar-refractivity contribution in [2.45, 2.75) is 45.6 Å². The average molecular weight is 219 g/mol. The molecule has 0 amide bonds. The predicted octanol–water partition coefficient (Wildman–Crippen LogP) is 3.81. The van der Waals surface area contributed by atoms with Crippen molar-refractivity contribution < 1.29 is 0 Å². The van der Waals surface area contributed by atoms with E-state index in [0.29, 0.717) is 12.0 Å².